The molecule has 0 unspecified atom stereocenters. The Labute approximate surface area is 147 Å². The van der Waals surface area contributed by atoms with Crippen LogP contribution in [0.15, 0.2) is 60.7 Å². The predicted molar refractivity (Wildman–Crippen MR) is 101 cm³/mol. The van der Waals surface area contributed by atoms with Gasteiger partial charge in [0, 0.05) is 31.5 Å². The van der Waals surface area contributed by atoms with Crippen LogP contribution in [0.4, 0.5) is 16.2 Å². The average Bonchev–Trinajstić information content (AvgIpc) is 2.97. The highest BCUT2D eigenvalue weighted by atomic mass is 32.1. The lowest BCUT2D eigenvalue weighted by Gasteiger charge is -2.27. The summed E-state index contributed by atoms with van der Waals surface area (Å²) in [5.74, 6) is 0. The fourth-order valence-electron chi connectivity index (χ4n) is 2.63. The molecule has 0 bridgehead atoms. The molecule has 1 saturated heterocycles. The van der Waals surface area contributed by atoms with Gasteiger partial charge in [0.25, 0.3) is 0 Å². The minimum atomic E-state index is -0.184. The van der Waals surface area contributed by atoms with Gasteiger partial charge in [-0.25, -0.2) is 4.79 Å². The van der Waals surface area contributed by atoms with Crippen molar-refractivity contribution < 1.29 is 4.79 Å². The lowest BCUT2D eigenvalue weighted by Crippen LogP contribution is -2.42. The summed E-state index contributed by atoms with van der Waals surface area (Å²) in [6, 6.07) is 19.3. The lowest BCUT2D eigenvalue weighted by molar-refractivity contribution is 0.237. The van der Waals surface area contributed by atoms with E-state index in [2.05, 4.69) is 22.3 Å². The number of para-hydroxylation sites is 2. The molecule has 1 aliphatic heterocycles. The Balaban J connectivity index is 1.59. The number of thiocarbonyl (C=S) groups is 1. The number of carbonyl (C=O) groups excluding carboxylic acids is 1. The van der Waals surface area contributed by atoms with Crippen LogP contribution < -0.4 is 10.2 Å². The molecule has 0 aromatic heterocycles. The van der Waals surface area contributed by atoms with E-state index in [1.807, 2.05) is 60.5 Å². The topological polar surface area (TPSA) is 38.8 Å². The van der Waals surface area contributed by atoms with Crippen LogP contribution in [0.1, 0.15) is 0 Å². The molecule has 5 nitrogen and oxygen atoms in total. The van der Waals surface area contributed by atoms with Gasteiger partial charge in [0.05, 0.1) is 6.67 Å². The van der Waals surface area contributed by atoms with Crippen LogP contribution >= 0.6 is 12.2 Å². The van der Waals surface area contributed by atoms with Crippen molar-refractivity contribution in [2.75, 3.05) is 37.0 Å². The first-order valence-electron chi connectivity index (χ1n) is 7.84. The van der Waals surface area contributed by atoms with E-state index in [9.17, 15) is 4.79 Å². The Morgan fingerprint density at radius 1 is 1.08 bits per heavy atom. The highest BCUT2D eigenvalue weighted by molar-refractivity contribution is 7.80. The molecular formula is C18H20N4OS. The van der Waals surface area contributed by atoms with Gasteiger partial charge in [-0.3, -0.25) is 4.90 Å². The van der Waals surface area contributed by atoms with Crippen molar-refractivity contribution >= 4 is 34.7 Å². The molecule has 1 N–H and O–H groups in total. The molecule has 1 aliphatic rings. The zero-order valence-electron chi connectivity index (χ0n) is 13.6. The predicted octanol–water partition coefficient (Wildman–Crippen LogP) is 3.21. The number of anilines is 2. The number of rotatable bonds is 4. The fourth-order valence-corrected chi connectivity index (χ4v) is 2.96. The van der Waals surface area contributed by atoms with E-state index >= 15 is 0 Å². The van der Waals surface area contributed by atoms with Crippen molar-refractivity contribution in [2.45, 2.75) is 0 Å². The smallest absolute Gasteiger partial charge is 0.328 e. The van der Waals surface area contributed by atoms with Crippen LogP contribution in [0.25, 0.3) is 0 Å². The zero-order chi connectivity index (χ0) is 16.9. The first kappa shape index (κ1) is 16.3. The molecule has 2 amide bonds. The van der Waals surface area contributed by atoms with Gasteiger partial charge in [-0.05, 0) is 36.5 Å². The Bertz CT molecular complexity index is 707. The summed E-state index contributed by atoms with van der Waals surface area (Å²) in [6.07, 6.45) is 0. The zero-order valence-corrected chi connectivity index (χ0v) is 14.4. The maximum atomic E-state index is 12.4. The molecule has 6 heteroatoms. The average molecular weight is 340 g/mol. The highest BCUT2D eigenvalue weighted by Crippen LogP contribution is 2.16. The Hall–Kier alpha value is -2.60. The second kappa shape index (κ2) is 7.31. The third kappa shape index (κ3) is 3.65. The van der Waals surface area contributed by atoms with Crippen LogP contribution in [0, 0.1) is 0 Å². The summed E-state index contributed by atoms with van der Waals surface area (Å²) in [7, 11) is 2.02. The van der Waals surface area contributed by atoms with Crippen molar-refractivity contribution in [1.29, 1.82) is 0 Å². The summed E-state index contributed by atoms with van der Waals surface area (Å²) in [5, 5.41) is 3.44. The maximum Gasteiger partial charge on any atom is 0.328 e. The Morgan fingerprint density at radius 2 is 1.71 bits per heavy atom. The number of nitrogens with one attached hydrogen (secondary N) is 1. The number of hydrogen-bond donors (Lipinski definition) is 1. The van der Waals surface area contributed by atoms with Gasteiger partial charge >= 0.3 is 6.03 Å². The number of nitrogens with zero attached hydrogens (tertiary/aromatic N) is 3. The normalized spacial score (nSPS) is 14.0. The molecular weight excluding hydrogens is 320 g/mol. The van der Waals surface area contributed by atoms with Crippen molar-refractivity contribution in [3.05, 3.63) is 60.7 Å². The maximum absolute atomic E-state index is 12.4. The van der Waals surface area contributed by atoms with Gasteiger partial charge in [0.2, 0.25) is 0 Å². The van der Waals surface area contributed by atoms with E-state index in [0.29, 0.717) is 18.3 Å². The molecule has 24 heavy (non-hydrogen) atoms. The van der Waals surface area contributed by atoms with Gasteiger partial charge in [-0.1, -0.05) is 36.4 Å². The van der Waals surface area contributed by atoms with Gasteiger partial charge in [0.15, 0.2) is 5.11 Å². The van der Waals surface area contributed by atoms with E-state index < -0.39 is 0 Å². The minimum Gasteiger partial charge on any atom is -0.357 e. The number of hydrogen-bond acceptors (Lipinski definition) is 3. The molecule has 0 saturated carbocycles. The lowest BCUT2D eigenvalue weighted by atomic mass is 10.3. The van der Waals surface area contributed by atoms with Crippen LogP contribution in [0.5, 0.6) is 0 Å². The standard InChI is InChI=1S/C18H20N4OS/c1-20(16-10-6-3-7-11-16)14-21-12-13-22(18(21)24)17(23)19-15-8-4-2-5-9-15/h2-11H,12-14H2,1H3,(H,19,23). The summed E-state index contributed by atoms with van der Waals surface area (Å²) < 4.78 is 0. The number of amides is 2. The SMILES string of the molecule is CN(CN1CCN(C(=O)Nc2ccccc2)C1=S)c1ccccc1. The molecule has 0 radical (unpaired) electrons. The van der Waals surface area contributed by atoms with Crippen molar-refractivity contribution in [2.24, 2.45) is 0 Å². The first-order chi connectivity index (χ1) is 11.6. The highest BCUT2D eigenvalue weighted by Gasteiger charge is 2.30. The fraction of sp³-hybridized carbons (Fsp3) is 0.222. The molecule has 0 spiro atoms. The minimum absolute atomic E-state index is 0.184. The summed E-state index contributed by atoms with van der Waals surface area (Å²) in [6.45, 7) is 1.98. The molecule has 1 fully saturated rings. The third-order valence-electron chi connectivity index (χ3n) is 3.94. The number of urea groups is 1. The van der Waals surface area contributed by atoms with E-state index in [4.69, 9.17) is 12.2 Å². The van der Waals surface area contributed by atoms with Crippen LogP contribution in [-0.4, -0.2) is 47.7 Å². The number of benzene rings is 2. The van der Waals surface area contributed by atoms with Crippen LogP contribution in [0.3, 0.4) is 0 Å². The van der Waals surface area contributed by atoms with E-state index in [0.717, 1.165) is 17.9 Å². The second-order valence-corrected chi connectivity index (χ2v) is 6.03. The van der Waals surface area contributed by atoms with E-state index in [1.54, 1.807) is 4.90 Å². The molecule has 2 aromatic carbocycles. The Kier molecular flexibility index (Phi) is 4.96. The Morgan fingerprint density at radius 3 is 2.38 bits per heavy atom. The molecule has 0 atom stereocenters. The molecule has 124 valence electrons. The van der Waals surface area contributed by atoms with Gasteiger partial charge < -0.3 is 15.1 Å². The molecule has 3 rings (SSSR count). The monoisotopic (exact) mass is 340 g/mol. The van der Waals surface area contributed by atoms with Crippen LogP contribution in [0.2, 0.25) is 0 Å². The molecule has 0 aliphatic carbocycles. The van der Waals surface area contributed by atoms with Gasteiger partial charge in [0.1, 0.15) is 0 Å². The van der Waals surface area contributed by atoms with Crippen molar-refractivity contribution in [1.82, 2.24) is 9.80 Å². The summed E-state index contributed by atoms with van der Waals surface area (Å²) >= 11 is 5.49. The largest absolute Gasteiger partial charge is 0.357 e. The van der Waals surface area contributed by atoms with Gasteiger partial charge in [-0.2, -0.15) is 0 Å². The van der Waals surface area contributed by atoms with Crippen molar-refractivity contribution in [3.63, 3.8) is 0 Å². The molecule has 1 heterocycles. The summed E-state index contributed by atoms with van der Waals surface area (Å²) in [4.78, 5) is 18.2. The van der Waals surface area contributed by atoms with Crippen LogP contribution in [-0.2, 0) is 0 Å². The first-order valence-corrected chi connectivity index (χ1v) is 8.24. The second-order valence-electron chi connectivity index (χ2n) is 5.67. The van der Waals surface area contributed by atoms with E-state index in [1.165, 1.54) is 0 Å². The quantitative estimate of drug-likeness (QED) is 0.868. The van der Waals surface area contributed by atoms with Gasteiger partial charge in [-0.15, -0.1) is 0 Å². The van der Waals surface area contributed by atoms with E-state index in [-0.39, 0.29) is 6.03 Å². The number of carbonyl (C=O) groups is 1. The molecule has 2 aromatic rings. The third-order valence-corrected chi connectivity index (χ3v) is 4.42. The summed E-state index contributed by atoms with van der Waals surface area (Å²) in [5.41, 5.74) is 1.89. The van der Waals surface area contributed by atoms with Crippen molar-refractivity contribution in [3.8, 4) is 0 Å².